The molecule has 0 aliphatic rings. The third-order valence-electron chi connectivity index (χ3n) is 6.53. The summed E-state index contributed by atoms with van der Waals surface area (Å²) in [6, 6.07) is 12.5. The molecule has 0 saturated heterocycles. The fraction of sp³-hybridized carbons (Fsp3) is 0.107. The average Bonchev–Trinajstić information content (AvgIpc) is 3.39. The number of ether oxygens (including phenoxy) is 1. The Morgan fingerprint density at radius 3 is 2.34 bits per heavy atom. The summed E-state index contributed by atoms with van der Waals surface area (Å²) in [6.45, 7) is 1.81. The Hall–Kier alpha value is -5.04. The summed E-state index contributed by atoms with van der Waals surface area (Å²) < 4.78 is 61.9. The van der Waals surface area contributed by atoms with Crippen LogP contribution in [0.4, 0.5) is 20.2 Å². The van der Waals surface area contributed by atoms with Gasteiger partial charge in [-0.1, -0.05) is 17.7 Å². The number of hydrogen-bond acceptors (Lipinski definition) is 7. The van der Waals surface area contributed by atoms with E-state index >= 15 is 0 Å². The number of nitrogens with one attached hydrogen (secondary N) is 2. The molecule has 41 heavy (non-hydrogen) atoms. The first-order valence-corrected chi connectivity index (χ1v) is 13.6. The normalized spacial score (nSPS) is 11.5. The van der Waals surface area contributed by atoms with E-state index in [1.807, 2.05) is 6.92 Å². The van der Waals surface area contributed by atoms with E-state index < -0.39 is 32.0 Å². The molecule has 0 bridgehead atoms. The van der Waals surface area contributed by atoms with Crippen LogP contribution in [0.5, 0.6) is 11.5 Å². The van der Waals surface area contributed by atoms with E-state index in [2.05, 4.69) is 10.3 Å². The number of benzene rings is 3. The monoisotopic (exact) mass is 580 g/mol. The molecule has 10 nitrogen and oxygen atoms in total. The SMILES string of the molecule is CNc1cc(Oc2ccc(F)cc2F)c(-c2cn(C)c(=O)c3[nH]c(S(=O)(=O)c4ccc(C)cc4)cc23)cc1[N+](=O)[O-]. The van der Waals surface area contributed by atoms with Crippen LogP contribution in [0, 0.1) is 28.7 Å². The lowest BCUT2D eigenvalue weighted by Gasteiger charge is -2.15. The van der Waals surface area contributed by atoms with Crippen LogP contribution in [-0.2, 0) is 16.9 Å². The number of hydrogen-bond donors (Lipinski definition) is 2. The Kier molecular flexibility index (Phi) is 6.83. The molecule has 0 fully saturated rings. The number of fused-ring (bicyclic) bond motifs is 1. The van der Waals surface area contributed by atoms with Crippen molar-refractivity contribution in [1.29, 1.82) is 0 Å². The number of anilines is 1. The smallest absolute Gasteiger partial charge is 0.293 e. The zero-order valence-electron chi connectivity index (χ0n) is 21.9. The predicted octanol–water partition coefficient (Wildman–Crippen LogP) is 5.70. The van der Waals surface area contributed by atoms with E-state index in [0.717, 1.165) is 17.7 Å². The van der Waals surface area contributed by atoms with Crippen LogP contribution in [0.15, 0.2) is 81.6 Å². The van der Waals surface area contributed by atoms with Crippen LogP contribution < -0.4 is 15.6 Å². The van der Waals surface area contributed by atoms with Crippen LogP contribution in [0.25, 0.3) is 22.0 Å². The highest BCUT2D eigenvalue weighted by molar-refractivity contribution is 7.91. The lowest BCUT2D eigenvalue weighted by molar-refractivity contribution is -0.383. The number of nitrogens with zero attached hydrogens (tertiary/aromatic N) is 2. The number of halogens is 2. The van der Waals surface area contributed by atoms with E-state index in [9.17, 15) is 32.1 Å². The molecule has 2 heterocycles. The first kappa shape index (κ1) is 27.5. The van der Waals surface area contributed by atoms with E-state index in [0.29, 0.717) is 6.07 Å². The van der Waals surface area contributed by atoms with Gasteiger partial charge in [-0.15, -0.1) is 0 Å². The Morgan fingerprint density at radius 1 is 1.00 bits per heavy atom. The summed E-state index contributed by atoms with van der Waals surface area (Å²) in [5.41, 5.74) is 0.143. The first-order valence-electron chi connectivity index (χ1n) is 12.1. The van der Waals surface area contributed by atoms with Crippen LogP contribution >= 0.6 is 0 Å². The molecule has 5 aromatic rings. The Bertz CT molecular complexity index is 2020. The van der Waals surface area contributed by atoms with E-state index in [1.54, 1.807) is 12.1 Å². The fourth-order valence-corrected chi connectivity index (χ4v) is 5.66. The zero-order chi connectivity index (χ0) is 29.6. The molecule has 210 valence electrons. The maximum atomic E-state index is 14.5. The van der Waals surface area contributed by atoms with Gasteiger partial charge >= 0.3 is 0 Å². The molecular formula is C28H22F2N4O6S. The van der Waals surface area contributed by atoms with Crippen molar-refractivity contribution in [2.45, 2.75) is 16.8 Å². The summed E-state index contributed by atoms with van der Waals surface area (Å²) in [4.78, 5) is 27.0. The highest BCUT2D eigenvalue weighted by Gasteiger charge is 2.26. The number of aryl methyl sites for hydroxylation is 2. The quantitative estimate of drug-likeness (QED) is 0.186. The molecular weight excluding hydrogens is 558 g/mol. The molecule has 3 aromatic carbocycles. The van der Waals surface area contributed by atoms with Gasteiger partial charge in [-0.2, -0.15) is 0 Å². The predicted molar refractivity (Wildman–Crippen MR) is 148 cm³/mol. The average molecular weight is 581 g/mol. The number of nitro benzene ring substituents is 1. The molecule has 0 aliphatic heterocycles. The van der Waals surface area contributed by atoms with Gasteiger partial charge < -0.3 is 19.6 Å². The Labute approximate surface area is 231 Å². The fourth-order valence-electron chi connectivity index (χ4n) is 4.40. The highest BCUT2D eigenvalue weighted by Crippen LogP contribution is 2.43. The Morgan fingerprint density at radius 2 is 1.71 bits per heavy atom. The first-order chi connectivity index (χ1) is 19.4. The standard InChI is InChI=1S/C28H22F2N4O6S/c1-15-4-7-17(8-5-15)41(38,39)26-12-19-20(14-33(3)28(35)27(19)32-26)18-11-23(34(36)37)22(31-2)13-25(18)40-24-9-6-16(29)10-21(24)30/h4-14,31-32H,1-3H3. The van der Waals surface area contributed by atoms with Gasteiger partial charge in [0.15, 0.2) is 11.6 Å². The topological polar surface area (TPSA) is 136 Å². The van der Waals surface area contributed by atoms with Gasteiger partial charge in [0.2, 0.25) is 9.84 Å². The Balaban J connectivity index is 1.79. The van der Waals surface area contributed by atoms with Crippen molar-refractivity contribution in [2.24, 2.45) is 7.05 Å². The minimum atomic E-state index is -4.09. The van der Waals surface area contributed by atoms with Crippen molar-refractivity contribution in [3.05, 3.63) is 105 Å². The molecule has 0 saturated carbocycles. The van der Waals surface area contributed by atoms with E-state index in [-0.39, 0.29) is 54.8 Å². The van der Waals surface area contributed by atoms with Crippen LogP contribution in [-0.4, -0.2) is 29.9 Å². The summed E-state index contributed by atoms with van der Waals surface area (Å²) in [5, 5.41) is 14.5. The molecule has 0 radical (unpaired) electrons. The minimum Gasteiger partial charge on any atom is -0.454 e. The zero-order valence-corrected chi connectivity index (χ0v) is 22.7. The van der Waals surface area contributed by atoms with Gasteiger partial charge in [0.05, 0.1) is 9.82 Å². The largest absolute Gasteiger partial charge is 0.454 e. The molecule has 5 rings (SSSR count). The number of rotatable bonds is 7. The van der Waals surface area contributed by atoms with Crippen molar-refractivity contribution >= 4 is 32.1 Å². The van der Waals surface area contributed by atoms with Crippen LogP contribution in [0.2, 0.25) is 0 Å². The van der Waals surface area contributed by atoms with Crippen molar-refractivity contribution in [1.82, 2.24) is 9.55 Å². The van der Waals surface area contributed by atoms with Crippen molar-refractivity contribution < 1.29 is 26.9 Å². The van der Waals surface area contributed by atoms with E-state index in [4.69, 9.17) is 4.74 Å². The molecule has 0 aliphatic carbocycles. The molecule has 0 unspecified atom stereocenters. The maximum Gasteiger partial charge on any atom is 0.293 e. The molecule has 0 atom stereocenters. The molecule has 0 amide bonds. The number of sulfone groups is 1. The number of H-pyrrole nitrogens is 1. The van der Waals surface area contributed by atoms with Gasteiger partial charge in [0, 0.05) is 55.0 Å². The summed E-state index contributed by atoms with van der Waals surface area (Å²) in [6.07, 6.45) is 1.37. The van der Waals surface area contributed by atoms with Gasteiger partial charge in [0.1, 0.15) is 27.8 Å². The third kappa shape index (κ3) is 4.91. The van der Waals surface area contributed by atoms with Crippen LogP contribution in [0.3, 0.4) is 0 Å². The van der Waals surface area contributed by atoms with Crippen molar-refractivity contribution in [2.75, 3.05) is 12.4 Å². The second-order valence-electron chi connectivity index (χ2n) is 9.25. The molecule has 13 heteroatoms. The maximum absolute atomic E-state index is 14.5. The molecule has 2 N–H and O–H groups in total. The molecule has 2 aromatic heterocycles. The van der Waals surface area contributed by atoms with Crippen LogP contribution in [0.1, 0.15) is 5.56 Å². The minimum absolute atomic E-state index is 0.00199. The van der Waals surface area contributed by atoms with E-state index in [1.165, 1.54) is 55.2 Å². The second-order valence-corrected chi connectivity index (χ2v) is 11.2. The number of nitro groups is 1. The van der Waals surface area contributed by atoms with Crippen molar-refractivity contribution in [3.8, 4) is 22.6 Å². The summed E-state index contributed by atoms with van der Waals surface area (Å²) >= 11 is 0. The summed E-state index contributed by atoms with van der Waals surface area (Å²) in [7, 11) is -1.21. The van der Waals surface area contributed by atoms with Gasteiger partial charge in [-0.25, -0.2) is 17.2 Å². The lowest BCUT2D eigenvalue weighted by atomic mass is 10.0. The number of aromatic nitrogens is 2. The third-order valence-corrected chi connectivity index (χ3v) is 8.22. The highest BCUT2D eigenvalue weighted by atomic mass is 32.2. The van der Waals surface area contributed by atoms with Crippen molar-refractivity contribution in [3.63, 3.8) is 0 Å². The summed E-state index contributed by atoms with van der Waals surface area (Å²) in [5.74, 6) is -2.28. The molecule has 0 spiro atoms. The number of pyridine rings is 1. The lowest BCUT2D eigenvalue weighted by Crippen LogP contribution is -2.16. The van der Waals surface area contributed by atoms with Gasteiger partial charge in [-0.3, -0.25) is 14.9 Å². The van der Waals surface area contributed by atoms with Gasteiger partial charge in [-0.05, 0) is 37.3 Å². The second kappa shape index (κ2) is 10.2. The van der Waals surface area contributed by atoms with Gasteiger partial charge in [0.25, 0.3) is 11.2 Å². The number of aromatic amines is 1.